The molecule has 1 N–H and O–H groups in total. The molecule has 4 heteroatoms. The number of methoxy groups -OCH3 is 1. The number of aryl methyl sites for hydroxylation is 1. The van der Waals surface area contributed by atoms with Gasteiger partial charge in [0.25, 0.3) is 0 Å². The number of anilines is 1. The second-order valence-corrected chi connectivity index (χ2v) is 3.70. The smallest absolute Gasteiger partial charge is 0.203 e. The van der Waals surface area contributed by atoms with Crippen LogP contribution in [-0.2, 0) is 13.1 Å². The van der Waals surface area contributed by atoms with Crippen LogP contribution in [-0.4, -0.2) is 16.7 Å². The summed E-state index contributed by atoms with van der Waals surface area (Å²) >= 11 is 0. The molecule has 0 aliphatic rings. The monoisotopic (exact) mass is 231 g/mol. The van der Waals surface area contributed by atoms with Gasteiger partial charge in [-0.25, -0.2) is 4.98 Å². The van der Waals surface area contributed by atoms with Gasteiger partial charge in [0.15, 0.2) is 0 Å². The lowest BCUT2D eigenvalue weighted by molar-refractivity contribution is 0.410. The number of benzene rings is 1. The summed E-state index contributed by atoms with van der Waals surface area (Å²) in [6, 6.07) is 7.98. The van der Waals surface area contributed by atoms with Crippen molar-refractivity contribution >= 4 is 5.95 Å². The summed E-state index contributed by atoms with van der Waals surface area (Å²) in [5.41, 5.74) is 1.13. The van der Waals surface area contributed by atoms with E-state index in [0.29, 0.717) is 6.54 Å². The Balaban J connectivity index is 2.07. The Morgan fingerprint density at radius 3 is 2.94 bits per heavy atom. The van der Waals surface area contributed by atoms with E-state index < -0.39 is 0 Å². The van der Waals surface area contributed by atoms with E-state index in [2.05, 4.69) is 21.8 Å². The van der Waals surface area contributed by atoms with Crippen molar-refractivity contribution in [3.8, 4) is 5.75 Å². The van der Waals surface area contributed by atoms with Crippen LogP contribution in [0.2, 0.25) is 0 Å². The van der Waals surface area contributed by atoms with E-state index >= 15 is 0 Å². The normalized spacial score (nSPS) is 10.2. The van der Waals surface area contributed by atoms with Gasteiger partial charge in [-0.3, -0.25) is 0 Å². The van der Waals surface area contributed by atoms with Gasteiger partial charge in [0, 0.05) is 31.0 Å². The number of para-hydroxylation sites is 1. The molecule has 90 valence electrons. The summed E-state index contributed by atoms with van der Waals surface area (Å²) in [6.45, 7) is 3.71. The van der Waals surface area contributed by atoms with Gasteiger partial charge in [-0.2, -0.15) is 0 Å². The van der Waals surface area contributed by atoms with Crippen molar-refractivity contribution in [2.75, 3.05) is 12.4 Å². The Kier molecular flexibility index (Phi) is 3.65. The van der Waals surface area contributed by atoms with Crippen molar-refractivity contribution in [1.82, 2.24) is 9.55 Å². The van der Waals surface area contributed by atoms with Gasteiger partial charge < -0.3 is 14.6 Å². The molecule has 0 radical (unpaired) electrons. The first-order valence-electron chi connectivity index (χ1n) is 5.72. The fourth-order valence-corrected chi connectivity index (χ4v) is 1.75. The third kappa shape index (κ3) is 2.58. The molecule has 0 amide bonds. The minimum atomic E-state index is 0.709. The van der Waals surface area contributed by atoms with E-state index in [4.69, 9.17) is 4.74 Å². The number of aromatic nitrogens is 2. The molecular formula is C13H17N3O. The van der Waals surface area contributed by atoms with Crippen LogP contribution in [0, 0.1) is 0 Å². The molecule has 0 fully saturated rings. The average molecular weight is 231 g/mol. The zero-order valence-electron chi connectivity index (χ0n) is 10.2. The summed E-state index contributed by atoms with van der Waals surface area (Å²) in [6.07, 6.45) is 3.76. The van der Waals surface area contributed by atoms with E-state index in [0.717, 1.165) is 23.8 Å². The second kappa shape index (κ2) is 5.39. The van der Waals surface area contributed by atoms with Crippen LogP contribution in [0.3, 0.4) is 0 Å². The van der Waals surface area contributed by atoms with Crippen LogP contribution in [0.25, 0.3) is 0 Å². The topological polar surface area (TPSA) is 39.1 Å². The summed E-state index contributed by atoms with van der Waals surface area (Å²) in [4.78, 5) is 4.27. The van der Waals surface area contributed by atoms with Gasteiger partial charge in [-0.05, 0) is 13.0 Å². The third-order valence-corrected chi connectivity index (χ3v) is 2.69. The summed E-state index contributed by atoms with van der Waals surface area (Å²) in [5.74, 6) is 1.79. The Hall–Kier alpha value is -1.97. The number of imidazole rings is 1. The first-order valence-corrected chi connectivity index (χ1v) is 5.72. The largest absolute Gasteiger partial charge is 0.496 e. The highest BCUT2D eigenvalue weighted by atomic mass is 16.5. The number of nitrogens with one attached hydrogen (secondary N) is 1. The first-order chi connectivity index (χ1) is 8.35. The SMILES string of the molecule is CCn1ccnc1NCc1ccccc1OC. The molecule has 0 saturated carbocycles. The maximum absolute atomic E-state index is 5.30. The van der Waals surface area contributed by atoms with Crippen LogP contribution in [0.4, 0.5) is 5.95 Å². The lowest BCUT2D eigenvalue weighted by Gasteiger charge is -2.10. The fraction of sp³-hybridized carbons (Fsp3) is 0.308. The van der Waals surface area contributed by atoms with Crippen LogP contribution < -0.4 is 10.1 Å². The third-order valence-electron chi connectivity index (χ3n) is 2.69. The zero-order chi connectivity index (χ0) is 12.1. The number of nitrogens with zero attached hydrogens (tertiary/aromatic N) is 2. The highest BCUT2D eigenvalue weighted by Crippen LogP contribution is 2.18. The van der Waals surface area contributed by atoms with Crippen LogP contribution >= 0.6 is 0 Å². The molecule has 0 saturated heterocycles. The Labute approximate surface area is 101 Å². The van der Waals surface area contributed by atoms with Crippen LogP contribution in [0.5, 0.6) is 5.75 Å². The van der Waals surface area contributed by atoms with Gasteiger partial charge in [0.2, 0.25) is 5.95 Å². The van der Waals surface area contributed by atoms with Gasteiger partial charge in [0.1, 0.15) is 5.75 Å². The molecule has 1 aromatic heterocycles. The molecule has 0 bridgehead atoms. The first kappa shape index (κ1) is 11.5. The maximum atomic E-state index is 5.30. The lowest BCUT2D eigenvalue weighted by atomic mass is 10.2. The van der Waals surface area contributed by atoms with Crippen LogP contribution in [0.15, 0.2) is 36.7 Å². The molecule has 0 atom stereocenters. The van der Waals surface area contributed by atoms with Crippen molar-refractivity contribution in [2.24, 2.45) is 0 Å². The van der Waals surface area contributed by atoms with Crippen molar-refractivity contribution in [3.63, 3.8) is 0 Å². The number of hydrogen-bond acceptors (Lipinski definition) is 3. The zero-order valence-corrected chi connectivity index (χ0v) is 10.2. The van der Waals surface area contributed by atoms with E-state index in [1.54, 1.807) is 13.3 Å². The molecule has 2 rings (SSSR count). The Bertz CT molecular complexity index is 479. The fourth-order valence-electron chi connectivity index (χ4n) is 1.75. The number of hydrogen-bond donors (Lipinski definition) is 1. The van der Waals surface area contributed by atoms with Gasteiger partial charge >= 0.3 is 0 Å². The van der Waals surface area contributed by atoms with E-state index in [1.165, 1.54) is 0 Å². The lowest BCUT2D eigenvalue weighted by Crippen LogP contribution is -2.07. The van der Waals surface area contributed by atoms with Crippen molar-refractivity contribution < 1.29 is 4.74 Å². The predicted molar refractivity (Wildman–Crippen MR) is 68.2 cm³/mol. The minimum absolute atomic E-state index is 0.709. The highest BCUT2D eigenvalue weighted by molar-refractivity contribution is 5.37. The van der Waals surface area contributed by atoms with Gasteiger partial charge in [-0.15, -0.1) is 0 Å². The van der Waals surface area contributed by atoms with Crippen molar-refractivity contribution in [3.05, 3.63) is 42.2 Å². The van der Waals surface area contributed by atoms with Crippen LogP contribution in [0.1, 0.15) is 12.5 Å². The van der Waals surface area contributed by atoms with Gasteiger partial charge in [-0.1, -0.05) is 18.2 Å². The molecule has 1 aromatic carbocycles. The molecule has 0 aliphatic carbocycles. The molecule has 4 nitrogen and oxygen atoms in total. The minimum Gasteiger partial charge on any atom is -0.496 e. The molecular weight excluding hydrogens is 214 g/mol. The summed E-state index contributed by atoms with van der Waals surface area (Å²) in [7, 11) is 1.69. The molecule has 0 unspecified atom stereocenters. The Morgan fingerprint density at radius 2 is 2.18 bits per heavy atom. The van der Waals surface area contributed by atoms with Gasteiger partial charge in [0.05, 0.1) is 7.11 Å². The summed E-state index contributed by atoms with van der Waals surface area (Å²) < 4.78 is 7.37. The van der Waals surface area contributed by atoms with Crippen molar-refractivity contribution in [2.45, 2.75) is 20.0 Å². The predicted octanol–water partition coefficient (Wildman–Crippen LogP) is 2.52. The van der Waals surface area contributed by atoms with Crippen molar-refractivity contribution in [1.29, 1.82) is 0 Å². The molecule has 0 spiro atoms. The second-order valence-electron chi connectivity index (χ2n) is 3.70. The van der Waals surface area contributed by atoms with E-state index in [-0.39, 0.29) is 0 Å². The molecule has 2 aromatic rings. The Morgan fingerprint density at radius 1 is 1.35 bits per heavy atom. The number of rotatable bonds is 5. The average Bonchev–Trinajstić information content (AvgIpc) is 2.84. The standard InChI is InChI=1S/C13H17N3O/c1-3-16-9-8-14-13(16)15-10-11-6-4-5-7-12(11)17-2/h4-9H,3,10H2,1-2H3,(H,14,15). The summed E-state index contributed by atoms with van der Waals surface area (Å²) in [5, 5.41) is 3.31. The number of ether oxygens (including phenoxy) is 1. The quantitative estimate of drug-likeness (QED) is 0.859. The molecule has 1 heterocycles. The molecule has 17 heavy (non-hydrogen) atoms. The molecule has 0 aliphatic heterocycles. The maximum Gasteiger partial charge on any atom is 0.203 e. The van der Waals surface area contributed by atoms with E-state index in [9.17, 15) is 0 Å². The highest BCUT2D eigenvalue weighted by Gasteiger charge is 2.03. The van der Waals surface area contributed by atoms with E-state index in [1.807, 2.05) is 30.5 Å².